The van der Waals surface area contributed by atoms with Gasteiger partial charge in [0.1, 0.15) is 0 Å². The highest BCUT2D eigenvalue weighted by atomic mass is 16.7. The van der Waals surface area contributed by atoms with Crippen LogP contribution < -0.4 is 20.1 Å². The quantitative estimate of drug-likeness (QED) is 0.862. The van der Waals surface area contributed by atoms with Crippen molar-refractivity contribution in [1.82, 2.24) is 10.6 Å². The molecule has 0 bridgehead atoms. The number of benzene rings is 1. The lowest BCUT2D eigenvalue weighted by Crippen LogP contribution is -2.54. The minimum Gasteiger partial charge on any atom is -0.454 e. The van der Waals surface area contributed by atoms with Crippen LogP contribution in [-0.2, 0) is 0 Å². The van der Waals surface area contributed by atoms with Crippen molar-refractivity contribution in [2.24, 2.45) is 0 Å². The van der Waals surface area contributed by atoms with Gasteiger partial charge in [0, 0.05) is 23.7 Å². The van der Waals surface area contributed by atoms with Gasteiger partial charge in [0.2, 0.25) is 6.79 Å². The fraction of sp³-hybridized carbons (Fsp3) is 0.533. The molecule has 5 heteroatoms. The Morgan fingerprint density at radius 1 is 1.25 bits per heavy atom. The van der Waals surface area contributed by atoms with Crippen molar-refractivity contribution in [1.29, 1.82) is 0 Å². The zero-order valence-electron chi connectivity index (χ0n) is 11.8. The van der Waals surface area contributed by atoms with Crippen LogP contribution in [0.4, 0.5) is 0 Å². The number of rotatable bonds is 2. The molecule has 2 aliphatic rings. The summed E-state index contributed by atoms with van der Waals surface area (Å²) in [6.45, 7) is 4.51. The molecule has 0 saturated carbocycles. The molecule has 1 fully saturated rings. The van der Waals surface area contributed by atoms with Crippen molar-refractivity contribution >= 4 is 5.91 Å². The van der Waals surface area contributed by atoms with Gasteiger partial charge in [-0.05, 0) is 44.9 Å². The number of fused-ring (bicyclic) bond motifs is 1. The summed E-state index contributed by atoms with van der Waals surface area (Å²) in [4.78, 5) is 12.3. The van der Waals surface area contributed by atoms with Crippen molar-refractivity contribution in [2.75, 3.05) is 6.79 Å². The summed E-state index contributed by atoms with van der Waals surface area (Å²) in [5, 5.41) is 6.57. The molecule has 1 saturated heterocycles. The minimum atomic E-state index is -0.0588. The second-order valence-corrected chi connectivity index (χ2v) is 5.58. The minimum absolute atomic E-state index is 0.0588. The second kappa shape index (κ2) is 5.32. The van der Waals surface area contributed by atoms with E-state index >= 15 is 0 Å². The fourth-order valence-corrected chi connectivity index (χ4v) is 2.81. The Morgan fingerprint density at radius 3 is 2.85 bits per heavy atom. The Labute approximate surface area is 118 Å². The van der Waals surface area contributed by atoms with E-state index in [0.717, 1.165) is 12.8 Å². The zero-order valence-corrected chi connectivity index (χ0v) is 11.8. The summed E-state index contributed by atoms with van der Waals surface area (Å²) in [5.74, 6) is 1.28. The number of nitrogens with one attached hydrogen (secondary N) is 2. The Kier molecular flexibility index (Phi) is 3.53. The molecule has 0 radical (unpaired) electrons. The average molecular weight is 276 g/mol. The van der Waals surface area contributed by atoms with Crippen LogP contribution in [0.3, 0.4) is 0 Å². The number of hydrogen-bond donors (Lipinski definition) is 2. The fourth-order valence-electron chi connectivity index (χ4n) is 2.81. The standard InChI is InChI=1S/C15H20N2O3/c1-9-3-5-12(10(2)16-9)17-15(18)11-4-6-13-14(7-11)20-8-19-13/h4,6-7,9-10,12,16H,3,5,8H2,1-2H3,(H,17,18). The van der Waals surface area contributed by atoms with Gasteiger partial charge in [-0.25, -0.2) is 0 Å². The molecule has 3 unspecified atom stereocenters. The molecule has 2 heterocycles. The Morgan fingerprint density at radius 2 is 2.05 bits per heavy atom. The predicted octanol–water partition coefficient (Wildman–Crippen LogP) is 1.67. The Bertz CT molecular complexity index is 518. The normalized spacial score (nSPS) is 28.2. The van der Waals surface area contributed by atoms with Gasteiger partial charge >= 0.3 is 0 Å². The maximum atomic E-state index is 12.3. The van der Waals surface area contributed by atoms with Gasteiger partial charge in [0.15, 0.2) is 11.5 Å². The van der Waals surface area contributed by atoms with E-state index in [1.807, 2.05) is 0 Å². The van der Waals surface area contributed by atoms with Crippen LogP contribution in [0, 0.1) is 0 Å². The van der Waals surface area contributed by atoms with E-state index in [9.17, 15) is 4.79 Å². The molecule has 0 aromatic heterocycles. The highest BCUT2D eigenvalue weighted by Gasteiger charge is 2.26. The van der Waals surface area contributed by atoms with Crippen molar-refractivity contribution in [2.45, 2.75) is 44.8 Å². The number of carbonyl (C=O) groups excluding carboxylic acids is 1. The van der Waals surface area contributed by atoms with E-state index < -0.39 is 0 Å². The topological polar surface area (TPSA) is 59.6 Å². The van der Waals surface area contributed by atoms with Crippen molar-refractivity contribution in [3.8, 4) is 11.5 Å². The Balaban J connectivity index is 1.67. The lowest BCUT2D eigenvalue weighted by molar-refractivity contribution is 0.0914. The molecule has 3 atom stereocenters. The van der Waals surface area contributed by atoms with Crippen LogP contribution in [0.5, 0.6) is 11.5 Å². The van der Waals surface area contributed by atoms with Gasteiger partial charge in [0.25, 0.3) is 5.91 Å². The molecule has 108 valence electrons. The van der Waals surface area contributed by atoms with E-state index in [0.29, 0.717) is 23.1 Å². The number of hydrogen-bond acceptors (Lipinski definition) is 4. The van der Waals surface area contributed by atoms with Crippen molar-refractivity contribution in [3.63, 3.8) is 0 Å². The first-order valence-corrected chi connectivity index (χ1v) is 7.10. The number of ether oxygens (including phenoxy) is 2. The molecular formula is C15H20N2O3. The van der Waals surface area contributed by atoms with Crippen LogP contribution in [0.15, 0.2) is 18.2 Å². The van der Waals surface area contributed by atoms with Crippen molar-refractivity contribution in [3.05, 3.63) is 23.8 Å². The zero-order chi connectivity index (χ0) is 14.1. The predicted molar refractivity (Wildman–Crippen MR) is 75.1 cm³/mol. The summed E-state index contributed by atoms with van der Waals surface area (Å²) in [6, 6.07) is 6.26. The third-order valence-corrected chi connectivity index (χ3v) is 4.01. The summed E-state index contributed by atoms with van der Waals surface area (Å²) >= 11 is 0. The molecule has 1 aromatic carbocycles. The number of carbonyl (C=O) groups is 1. The van der Waals surface area contributed by atoms with Crippen LogP contribution in [0.25, 0.3) is 0 Å². The SMILES string of the molecule is CC1CCC(NC(=O)c2ccc3c(c2)OCO3)C(C)N1. The first-order valence-electron chi connectivity index (χ1n) is 7.10. The number of piperidine rings is 1. The van der Waals surface area contributed by atoms with Crippen LogP contribution in [0.1, 0.15) is 37.0 Å². The van der Waals surface area contributed by atoms with Crippen LogP contribution >= 0.6 is 0 Å². The largest absolute Gasteiger partial charge is 0.454 e. The summed E-state index contributed by atoms with van der Waals surface area (Å²) in [7, 11) is 0. The first-order chi connectivity index (χ1) is 9.63. The molecule has 20 heavy (non-hydrogen) atoms. The smallest absolute Gasteiger partial charge is 0.251 e. The molecule has 2 aliphatic heterocycles. The highest BCUT2D eigenvalue weighted by Crippen LogP contribution is 2.32. The lowest BCUT2D eigenvalue weighted by atomic mass is 9.95. The molecule has 3 rings (SSSR count). The van der Waals surface area contributed by atoms with E-state index in [2.05, 4.69) is 24.5 Å². The van der Waals surface area contributed by atoms with Gasteiger partial charge in [0.05, 0.1) is 0 Å². The van der Waals surface area contributed by atoms with Crippen molar-refractivity contribution < 1.29 is 14.3 Å². The van der Waals surface area contributed by atoms with Gasteiger partial charge in [-0.15, -0.1) is 0 Å². The van der Waals surface area contributed by atoms with E-state index in [-0.39, 0.29) is 24.8 Å². The van der Waals surface area contributed by atoms with E-state index in [1.165, 1.54) is 0 Å². The number of amides is 1. The summed E-state index contributed by atoms with van der Waals surface area (Å²) in [6.07, 6.45) is 2.09. The van der Waals surface area contributed by atoms with Crippen LogP contribution in [-0.4, -0.2) is 30.8 Å². The lowest BCUT2D eigenvalue weighted by Gasteiger charge is -2.34. The van der Waals surface area contributed by atoms with Gasteiger partial charge in [-0.3, -0.25) is 4.79 Å². The summed E-state index contributed by atoms with van der Waals surface area (Å²) in [5.41, 5.74) is 0.611. The Hall–Kier alpha value is -1.75. The van der Waals surface area contributed by atoms with Gasteiger partial charge in [-0.1, -0.05) is 0 Å². The van der Waals surface area contributed by atoms with E-state index in [4.69, 9.17) is 9.47 Å². The van der Waals surface area contributed by atoms with Crippen LogP contribution in [0.2, 0.25) is 0 Å². The molecule has 1 aromatic rings. The van der Waals surface area contributed by atoms with Gasteiger partial charge < -0.3 is 20.1 Å². The molecule has 5 nitrogen and oxygen atoms in total. The second-order valence-electron chi connectivity index (χ2n) is 5.58. The maximum absolute atomic E-state index is 12.3. The highest BCUT2D eigenvalue weighted by molar-refractivity contribution is 5.95. The molecule has 2 N–H and O–H groups in total. The third-order valence-electron chi connectivity index (χ3n) is 4.01. The average Bonchev–Trinajstić information content (AvgIpc) is 2.89. The van der Waals surface area contributed by atoms with Gasteiger partial charge in [-0.2, -0.15) is 0 Å². The molecule has 1 amide bonds. The maximum Gasteiger partial charge on any atom is 0.251 e. The summed E-state index contributed by atoms with van der Waals surface area (Å²) < 4.78 is 10.5. The molecule has 0 aliphatic carbocycles. The molecular weight excluding hydrogens is 256 g/mol. The monoisotopic (exact) mass is 276 g/mol. The first kappa shape index (κ1) is 13.2. The molecule has 0 spiro atoms. The third kappa shape index (κ3) is 2.58. The van der Waals surface area contributed by atoms with E-state index in [1.54, 1.807) is 18.2 Å².